The summed E-state index contributed by atoms with van der Waals surface area (Å²) in [4.78, 5) is 16.6. The molecule has 0 aliphatic heterocycles. The van der Waals surface area contributed by atoms with Crippen LogP contribution in [0.15, 0.2) is 35.2 Å². The van der Waals surface area contributed by atoms with Crippen LogP contribution in [0.3, 0.4) is 0 Å². The van der Waals surface area contributed by atoms with Gasteiger partial charge < -0.3 is 15.2 Å². The summed E-state index contributed by atoms with van der Waals surface area (Å²) in [5.74, 6) is 0.468. The summed E-state index contributed by atoms with van der Waals surface area (Å²) in [6.07, 6.45) is 3.74. The number of hydrogen-bond donors (Lipinski definition) is 2. The summed E-state index contributed by atoms with van der Waals surface area (Å²) in [5, 5.41) is 14.5. The zero-order valence-electron chi connectivity index (χ0n) is 12.8. The summed E-state index contributed by atoms with van der Waals surface area (Å²) in [6, 6.07) is 7.10. The van der Waals surface area contributed by atoms with Crippen molar-refractivity contribution in [3.8, 4) is 5.75 Å². The van der Waals surface area contributed by atoms with E-state index in [2.05, 4.69) is 10.3 Å². The second-order valence-corrected chi connectivity index (χ2v) is 6.61. The third-order valence-corrected chi connectivity index (χ3v) is 4.84. The molecule has 0 bridgehead atoms. The highest BCUT2D eigenvalue weighted by molar-refractivity contribution is 7.07. The average Bonchev–Trinajstić information content (AvgIpc) is 3.25. The smallest absolute Gasteiger partial charge is 0.251 e. The van der Waals surface area contributed by atoms with Gasteiger partial charge in [0.2, 0.25) is 0 Å². The molecule has 0 spiro atoms. The van der Waals surface area contributed by atoms with E-state index in [1.807, 2.05) is 11.4 Å². The van der Waals surface area contributed by atoms with Crippen LogP contribution in [0.25, 0.3) is 0 Å². The molecule has 1 heterocycles. The van der Waals surface area contributed by atoms with Crippen molar-refractivity contribution in [1.29, 1.82) is 0 Å². The quantitative estimate of drug-likeness (QED) is 0.853. The number of aliphatic hydroxyl groups excluding tert-OH is 1. The zero-order valence-corrected chi connectivity index (χ0v) is 13.6. The molecule has 122 valence electrons. The van der Waals surface area contributed by atoms with Crippen LogP contribution in [-0.4, -0.2) is 28.1 Å². The molecule has 2 N–H and O–H groups in total. The third-order valence-electron chi connectivity index (χ3n) is 4.21. The van der Waals surface area contributed by atoms with Crippen LogP contribution >= 0.6 is 11.3 Å². The molecule has 1 saturated carbocycles. The van der Waals surface area contributed by atoms with Gasteiger partial charge in [-0.1, -0.05) is 18.9 Å². The van der Waals surface area contributed by atoms with Crippen molar-refractivity contribution >= 4 is 17.2 Å². The lowest BCUT2D eigenvalue weighted by Gasteiger charge is -2.28. The van der Waals surface area contributed by atoms with Crippen molar-refractivity contribution in [2.45, 2.75) is 37.8 Å². The van der Waals surface area contributed by atoms with E-state index in [4.69, 9.17) is 4.74 Å². The van der Waals surface area contributed by atoms with Crippen molar-refractivity contribution in [3.05, 3.63) is 46.4 Å². The molecule has 1 aliphatic rings. The molecule has 3 rings (SSSR count). The van der Waals surface area contributed by atoms with Gasteiger partial charge in [0, 0.05) is 10.9 Å². The number of carbonyl (C=O) groups is 1. The van der Waals surface area contributed by atoms with Crippen molar-refractivity contribution in [2.75, 3.05) is 6.61 Å². The number of benzene rings is 1. The highest BCUT2D eigenvalue weighted by Crippen LogP contribution is 2.29. The molecular formula is C17H20N2O3S. The van der Waals surface area contributed by atoms with Gasteiger partial charge in [0.25, 0.3) is 5.91 Å². The average molecular weight is 332 g/mol. The second-order valence-electron chi connectivity index (χ2n) is 5.90. The zero-order chi connectivity index (χ0) is 16.1. The Morgan fingerprint density at radius 2 is 2.22 bits per heavy atom. The molecule has 1 aliphatic carbocycles. The number of amides is 1. The lowest BCUT2D eigenvalue weighted by Crippen LogP contribution is -2.49. The molecule has 1 amide bonds. The van der Waals surface area contributed by atoms with Gasteiger partial charge in [0.15, 0.2) is 0 Å². The summed E-state index contributed by atoms with van der Waals surface area (Å²) in [6.45, 7) is 0.369. The molecular weight excluding hydrogens is 312 g/mol. The van der Waals surface area contributed by atoms with Gasteiger partial charge in [-0.15, -0.1) is 11.3 Å². The Hall–Kier alpha value is -1.92. The monoisotopic (exact) mass is 332 g/mol. The van der Waals surface area contributed by atoms with E-state index >= 15 is 0 Å². The Morgan fingerprint density at radius 1 is 1.39 bits per heavy atom. The molecule has 0 unspecified atom stereocenters. The number of nitrogens with zero attached hydrogens (tertiary/aromatic N) is 1. The van der Waals surface area contributed by atoms with E-state index in [9.17, 15) is 9.90 Å². The van der Waals surface area contributed by atoms with Crippen LogP contribution in [0.2, 0.25) is 0 Å². The molecule has 23 heavy (non-hydrogen) atoms. The van der Waals surface area contributed by atoms with Crippen molar-refractivity contribution in [2.24, 2.45) is 0 Å². The van der Waals surface area contributed by atoms with Crippen molar-refractivity contribution in [3.63, 3.8) is 0 Å². The molecule has 0 radical (unpaired) electrons. The van der Waals surface area contributed by atoms with E-state index in [0.29, 0.717) is 17.9 Å². The maximum absolute atomic E-state index is 12.5. The van der Waals surface area contributed by atoms with Gasteiger partial charge in [-0.2, -0.15) is 0 Å². The maximum Gasteiger partial charge on any atom is 0.251 e. The Labute approximate surface area is 139 Å². The number of rotatable bonds is 6. The van der Waals surface area contributed by atoms with Crippen LogP contribution in [0.1, 0.15) is 41.7 Å². The molecule has 1 fully saturated rings. The minimum Gasteiger partial charge on any atom is -0.487 e. The van der Waals surface area contributed by atoms with Crippen LogP contribution in [0.5, 0.6) is 5.75 Å². The summed E-state index contributed by atoms with van der Waals surface area (Å²) in [5.41, 5.74) is 2.71. The van der Waals surface area contributed by atoms with Gasteiger partial charge >= 0.3 is 0 Å². The first-order chi connectivity index (χ1) is 11.2. The number of thiazole rings is 1. The lowest BCUT2D eigenvalue weighted by molar-refractivity contribution is 0.0838. The van der Waals surface area contributed by atoms with E-state index in [1.54, 1.807) is 23.7 Å². The molecule has 1 aromatic heterocycles. The van der Waals surface area contributed by atoms with Gasteiger partial charge in [0.05, 0.1) is 23.4 Å². The van der Waals surface area contributed by atoms with Gasteiger partial charge in [-0.3, -0.25) is 4.79 Å². The van der Waals surface area contributed by atoms with Gasteiger partial charge in [-0.05, 0) is 31.0 Å². The largest absolute Gasteiger partial charge is 0.487 e. The van der Waals surface area contributed by atoms with Crippen LogP contribution in [0.4, 0.5) is 0 Å². The first-order valence-corrected chi connectivity index (χ1v) is 8.68. The first kappa shape index (κ1) is 16.0. The molecule has 0 saturated heterocycles. The van der Waals surface area contributed by atoms with Gasteiger partial charge in [-0.25, -0.2) is 4.98 Å². The van der Waals surface area contributed by atoms with Crippen molar-refractivity contribution < 1.29 is 14.6 Å². The van der Waals surface area contributed by atoms with Gasteiger partial charge in [0.1, 0.15) is 12.4 Å². The number of nitrogens with one attached hydrogen (secondary N) is 1. The minimum atomic E-state index is -0.464. The van der Waals surface area contributed by atoms with E-state index < -0.39 is 5.54 Å². The molecule has 1 aromatic carbocycles. The standard InChI is InChI=1S/C17H20N2O3S/c20-11-17(6-1-2-7-17)19-16(21)13-4-3-5-15(8-13)22-9-14-10-23-12-18-14/h3-5,8,10,12,20H,1-2,6-7,9,11H2,(H,19,21). The molecule has 0 atom stereocenters. The number of ether oxygens (including phenoxy) is 1. The molecule has 5 nitrogen and oxygen atoms in total. The summed E-state index contributed by atoms with van der Waals surface area (Å²) < 4.78 is 5.68. The minimum absolute atomic E-state index is 0.0151. The predicted molar refractivity (Wildman–Crippen MR) is 88.6 cm³/mol. The highest BCUT2D eigenvalue weighted by atomic mass is 32.1. The van der Waals surface area contributed by atoms with E-state index in [0.717, 1.165) is 31.4 Å². The number of aromatic nitrogens is 1. The Kier molecular flexibility index (Phi) is 4.93. The fraction of sp³-hybridized carbons (Fsp3) is 0.412. The fourth-order valence-corrected chi connectivity index (χ4v) is 3.42. The van der Waals surface area contributed by atoms with Crippen LogP contribution < -0.4 is 10.1 Å². The highest BCUT2D eigenvalue weighted by Gasteiger charge is 2.34. The van der Waals surface area contributed by atoms with E-state index in [-0.39, 0.29) is 12.5 Å². The lowest BCUT2D eigenvalue weighted by atomic mass is 9.98. The second kappa shape index (κ2) is 7.10. The predicted octanol–water partition coefficient (Wildman–Crippen LogP) is 2.76. The summed E-state index contributed by atoms with van der Waals surface area (Å²) >= 11 is 1.52. The van der Waals surface area contributed by atoms with Crippen LogP contribution in [-0.2, 0) is 6.61 Å². The SMILES string of the molecule is O=C(NC1(CO)CCCC1)c1cccc(OCc2cscn2)c1. The Bertz CT molecular complexity index is 652. The molecule has 2 aromatic rings. The normalized spacial score (nSPS) is 16.2. The third kappa shape index (κ3) is 3.89. The first-order valence-electron chi connectivity index (χ1n) is 7.74. The number of carbonyl (C=O) groups excluding carboxylic acids is 1. The maximum atomic E-state index is 12.5. The molecule has 6 heteroatoms. The Balaban J connectivity index is 1.65. The fourth-order valence-electron chi connectivity index (χ4n) is 2.88. The number of aliphatic hydroxyl groups is 1. The Morgan fingerprint density at radius 3 is 2.91 bits per heavy atom. The summed E-state index contributed by atoms with van der Waals surface area (Å²) in [7, 11) is 0. The topological polar surface area (TPSA) is 71.5 Å². The van der Waals surface area contributed by atoms with Crippen molar-refractivity contribution in [1.82, 2.24) is 10.3 Å². The van der Waals surface area contributed by atoms with E-state index in [1.165, 1.54) is 11.3 Å². The number of hydrogen-bond acceptors (Lipinski definition) is 5. The van der Waals surface area contributed by atoms with Crippen LogP contribution in [0, 0.1) is 0 Å².